The Morgan fingerprint density at radius 2 is 1.48 bits per heavy atom. The fourth-order valence-corrected chi connectivity index (χ4v) is 3.99. The fourth-order valence-electron chi connectivity index (χ4n) is 3.99. The number of aromatic nitrogens is 2. The normalized spacial score (nSPS) is 14.8. The molecule has 0 atom stereocenters. The van der Waals surface area contributed by atoms with E-state index in [1.54, 1.807) is 0 Å². The SMILES string of the molecule is CC1=NN(c2ccccc2)C(=O)/C1=C\c1cn(-c2ccccc2)nc1-c1cc(C)ccc1C. The van der Waals surface area contributed by atoms with Gasteiger partial charge in [-0.05, 0) is 62.7 Å². The van der Waals surface area contributed by atoms with E-state index in [1.165, 1.54) is 5.01 Å². The van der Waals surface area contributed by atoms with Crippen molar-refractivity contribution in [2.24, 2.45) is 5.10 Å². The van der Waals surface area contributed by atoms with Crippen molar-refractivity contribution in [1.82, 2.24) is 9.78 Å². The Morgan fingerprint density at radius 3 is 2.18 bits per heavy atom. The summed E-state index contributed by atoms with van der Waals surface area (Å²) in [5.41, 5.74) is 8.02. The van der Waals surface area contributed by atoms with Gasteiger partial charge in [0, 0.05) is 17.3 Å². The van der Waals surface area contributed by atoms with E-state index in [2.05, 4.69) is 37.1 Å². The highest BCUT2D eigenvalue weighted by Gasteiger charge is 2.29. The number of aryl methyl sites for hydroxylation is 2. The van der Waals surface area contributed by atoms with Crippen LogP contribution < -0.4 is 5.01 Å². The second-order valence-corrected chi connectivity index (χ2v) is 8.23. The number of carbonyl (C=O) groups is 1. The Bertz CT molecular complexity index is 1400. The van der Waals surface area contributed by atoms with Crippen LogP contribution in [0.2, 0.25) is 0 Å². The maximum Gasteiger partial charge on any atom is 0.280 e. The molecule has 0 saturated carbocycles. The number of nitrogens with zero attached hydrogens (tertiary/aromatic N) is 4. The molecule has 1 amide bonds. The van der Waals surface area contributed by atoms with E-state index >= 15 is 0 Å². The lowest BCUT2D eigenvalue weighted by Gasteiger charge is -2.11. The molecule has 0 radical (unpaired) electrons. The summed E-state index contributed by atoms with van der Waals surface area (Å²) in [6.07, 6.45) is 3.89. The number of benzene rings is 3. The maximum atomic E-state index is 13.3. The Kier molecular flexibility index (Phi) is 5.23. The fraction of sp³-hybridized carbons (Fsp3) is 0.107. The Hall–Kier alpha value is -4.25. The number of carbonyl (C=O) groups excluding carboxylic acids is 1. The van der Waals surface area contributed by atoms with E-state index in [9.17, 15) is 4.79 Å². The Labute approximate surface area is 193 Å². The summed E-state index contributed by atoms with van der Waals surface area (Å²) in [4.78, 5) is 13.3. The standard InChI is InChI=1S/C28H24N4O/c1-19-14-15-20(2)25(16-19)27-22(18-31(30-27)23-10-6-4-7-11-23)17-26-21(3)29-32(28(26)33)24-12-8-5-9-13-24/h4-18H,1-3H3/b26-17-. The highest BCUT2D eigenvalue weighted by molar-refractivity contribution is 6.32. The molecule has 162 valence electrons. The molecule has 0 bridgehead atoms. The van der Waals surface area contributed by atoms with Gasteiger partial charge >= 0.3 is 0 Å². The number of hydrazone groups is 1. The average Bonchev–Trinajstić information content (AvgIpc) is 3.38. The van der Waals surface area contributed by atoms with Gasteiger partial charge in [-0.1, -0.05) is 54.1 Å². The van der Waals surface area contributed by atoms with E-state index in [4.69, 9.17) is 5.10 Å². The summed E-state index contributed by atoms with van der Waals surface area (Å²) in [5, 5.41) is 10.9. The third-order valence-corrected chi connectivity index (χ3v) is 5.77. The van der Waals surface area contributed by atoms with Crippen molar-refractivity contribution in [3.05, 3.63) is 107 Å². The average molecular weight is 433 g/mol. The molecule has 0 unspecified atom stereocenters. The summed E-state index contributed by atoms with van der Waals surface area (Å²) >= 11 is 0. The van der Waals surface area contributed by atoms with Crippen molar-refractivity contribution in [3.8, 4) is 16.9 Å². The van der Waals surface area contributed by atoms with Gasteiger partial charge in [0.1, 0.15) is 5.69 Å². The van der Waals surface area contributed by atoms with Crippen LogP contribution in [0, 0.1) is 13.8 Å². The molecule has 5 rings (SSSR count). The van der Waals surface area contributed by atoms with Crippen molar-refractivity contribution in [1.29, 1.82) is 0 Å². The molecule has 33 heavy (non-hydrogen) atoms. The first-order chi connectivity index (χ1) is 16.0. The van der Waals surface area contributed by atoms with Gasteiger partial charge in [-0.15, -0.1) is 0 Å². The molecule has 5 heteroatoms. The van der Waals surface area contributed by atoms with Crippen molar-refractivity contribution >= 4 is 23.4 Å². The van der Waals surface area contributed by atoms with Crippen LogP contribution in [0.1, 0.15) is 23.6 Å². The second kappa shape index (κ2) is 8.36. The molecule has 1 aromatic heterocycles. The topological polar surface area (TPSA) is 50.5 Å². The van der Waals surface area contributed by atoms with E-state index in [-0.39, 0.29) is 5.91 Å². The molecule has 3 aromatic carbocycles. The van der Waals surface area contributed by atoms with Gasteiger partial charge in [0.25, 0.3) is 5.91 Å². The minimum Gasteiger partial charge on any atom is -0.267 e. The van der Waals surface area contributed by atoms with Crippen LogP contribution in [-0.2, 0) is 4.79 Å². The number of hydrogen-bond acceptors (Lipinski definition) is 3. The third kappa shape index (κ3) is 3.89. The summed E-state index contributed by atoms with van der Waals surface area (Å²) in [5.74, 6) is -0.141. The molecule has 1 aliphatic heterocycles. The molecular formula is C28H24N4O. The van der Waals surface area contributed by atoms with Crippen molar-refractivity contribution in [3.63, 3.8) is 0 Å². The zero-order valence-electron chi connectivity index (χ0n) is 18.9. The maximum absolute atomic E-state index is 13.3. The van der Waals surface area contributed by atoms with Gasteiger partial charge in [-0.2, -0.15) is 15.2 Å². The zero-order chi connectivity index (χ0) is 22.9. The van der Waals surface area contributed by atoms with E-state index in [1.807, 2.05) is 84.5 Å². The molecule has 2 heterocycles. The van der Waals surface area contributed by atoms with E-state index in [0.717, 1.165) is 39.3 Å². The van der Waals surface area contributed by atoms with Crippen molar-refractivity contribution in [2.45, 2.75) is 20.8 Å². The number of amides is 1. The van der Waals surface area contributed by atoms with Crippen LogP contribution in [-0.4, -0.2) is 21.4 Å². The molecule has 5 nitrogen and oxygen atoms in total. The van der Waals surface area contributed by atoms with E-state index < -0.39 is 0 Å². The first-order valence-corrected chi connectivity index (χ1v) is 10.9. The highest BCUT2D eigenvalue weighted by Crippen LogP contribution is 2.31. The van der Waals surface area contributed by atoms with Gasteiger partial charge in [0.2, 0.25) is 0 Å². The molecule has 0 spiro atoms. The number of hydrogen-bond donors (Lipinski definition) is 0. The monoisotopic (exact) mass is 432 g/mol. The van der Waals surface area contributed by atoms with Crippen LogP contribution in [0.5, 0.6) is 0 Å². The Morgan fingerprint density at radius 1 is 0.818 bits per heavy atom. The number of rotatable bonds is 4. The number of anilines is 1. The lowest BCUT2D eigenvalue weighted by molar-refractivity contribution is -0.114. The summed E-state index contributed by atoms with van der Waals surface area (Å²) in [6, 6.07) is 25.8. The highest BCUT2D eigenvalue weighted by atomic mass is 16.2. The molecule has 0 aliphatic carbocycles. The van der Waals surface area contributed by atoms with Gasteiger partial charge in [-0.25, -0.2) is 4.68 Å². The molecule has 0 N–H and O–H groups in total. The zero-order valence-corrected chi connectivity index (χ0v) is 18.9. The lowest BCUT2D eigenvalue weighted by atomic mass is 9.99. The van der Waals surface area contributed by atoms with Gasteiger partial charge in [0.15, 0.2) is 0 Å². The van der Waals surface area contributed by atoms with Gasteiger partial charge in [0.05, 0.1) is 22.7 Å². The van der Waals surface area contributed by atoms with Crippen LogP contribution in [0.3, 0.4) is 0 Å². The molecule has 1 aliphatic rings. The smallest absolute Gasteiger partial charge is 0.267 e. The summed E-state index contributed by atoms with van der Waals surface area (Å²) in [6.45, 7) is 6.02. The van der Waals surface area contributed by atoms with Crippen LogP contribution >= 0.6 is 0 Å². The van der Waals surface area contributed by atoms with Crippen LogP contribution in [0.25, 0.3) is 23.0 Å². The predicted molar refractivity (Wildman–Crippen MR) is 133 cm³/mol. The van der Waals surface area contributed by atoms with E-state index in [0.29, 0.717) is 11.3 Å². The predicted octanol–water partition coefficient (Wildman–Crippen LogP) is 5.96. The van der Waals surface area contributed by atoms with Crippen LogP contribution in [0.4, 0.5) is 5.69 Å². The largest absolute Gasteiger partial charge is 0.280 e. The summed E-state index contributed by atoms with van der Waals surface area (Å²) in [7, 11) is 0. The minimum atomic E-state index is -0.141. The third-order valence-electron chi connectivity index (χ3n) is 5.77. The lowest BCUT2D eigenvalue weighted by Crippen LogP contribution is -2.21. The summed E-state index contributed by atoms with van der Waals surface area (Å²) < 4.78 is 1.87. The molecule has 0 fully saturated rings. The van der Waals surface area contributed by atoms with Crippen LogP contribution in [0.15, 0.2) is 95.7 Å². The minimum absolute atomic E-state index is 0.141. The molecule has 4 aromatic rings. The number of para-hydroxylation sites is 2. The van der Waals surface area contributed by atoms with Gasteiger partial charge in [-0.3, -0.25) is 4.79 Å². The van der Waals surface area contributed by atoms with Gasteiger partial charge < -0.3 is 0 Å². The second-order valence-electron chi connectivity index (χ2n) is 8.23. The first-order valence-electron chi connectivity index (χ1n) is 10.9. The molecule has 0 saturated heterocycles. The quantitative estimate of drug-likeness (QED) is 0.374. The first kappa shape index (κ1) is 20.6. The Balaban J connectivity index is 1.64. The van der Waals surface area contributed by atoms with Crippen molar-refractivity contribution < 1.29 is 4.79 Å². The molecular weight excluding hydrogens is 408 g/mol. The van der Waals surface area contributed by atoms with Crippen molar-refractivity contribution in [2.75, 3.05) is 5.01 Å².